The second-order valence-electron chi connectivity index (χ2n) is 8.88. The molecule has 2 aromatic rings. The second-order valence-corrected chi connectivity index (χ2v) is 10.9. The normalized spacial score (nSPS) is 18.4. The SMILES string of the molecule is C[C@@H](COc1ccc(S(C)(=O)=O)c(C(F)F)c1)N1CCC2(CC1)C(=O)Nc1ccc(C#N)cc12. The number of benzene rings is 2. The van der Waals surface area contributed by atoms with Gasteiger partial charge in [-0.25, -0.2) is 17.2 Å². The first kappa shape index (κ1) is 24.1. The van der Waals surface area contributed by atoms with Crippen molar-refractivity contribution in [2.45, 2.75) is 42.5 Å². The first-order chi connectivity index (χ1) is 16.0. The van der Waals surface area contributed by atoms with Gasteiger partial charge in [-0.2, -0.15) is 5.26 Å². The number of nitrogens with one attached hydrogen (secondary N) is 1. The Kier molecular flexibility index (Phi) is 6.36. The van der Waals surface area contributed by atoms with Crippen molar-refractivity contribution in [3.8, 4) is 11.8 Å². The van der Waals surface area contributed by atoms with Crippen LogP contribution in [0.3, 0.4) is 0 Å². The minimum atomic E-state index is -3.78. The van der Waals surface area contributed by atoms with Crippen LogP contribution in [0.1, 0.15) is 42.9 Å². The highest BCUT2D eigenvalue weighted by Crippen LogP contribution is 2.45. The number of halogens is 2. The van der Waals surface area contributed by atoms with Crippen LogP contribution in [-0.2, 0) is 20.0 Å². The molecule has 0 bridgehead atoms. The molecule has 0 radical (unpaired) electrons. The summed E-state index contributed by atoms with van der Waals surface area (Å²) < 4.78 is 56.0. The van der Waals surface area contributed by atoms with E-state index in [1.807, 2.05) is 6.92 Å². The molecular formula is C24H25F2N3O4S. The fourth-order valence-corrected chi connectivity index (χ4v) is 5.66. The number of fused-ring (bicyclic) bond motifs is 2. The first-order valence-corrected chi connectivity index (χ1v) is 12.8. The van der Waals surface area contributed by atoms with Gasteiger partial charge in [0.1, 0.15) is 12.4 Å². The molecule has 1 amide bonds. The number of likely N-dealkylation sites (tertiary alicyclic amines) is 1. The molecule has 2 aliphatic rings. The molecule has 180 valence electrons. The van der Waals surface area contributed by atoms with E-state index in [1.54, 1.807) is 18.2 Å². The molecule has 2 aromatic carbocycles. The van der Waals surface area contributed by atoms with E-state index in [2.05, 4.69) is 16.3 Å². The number of alkyl halides is 2. The van der Waals surface area contributed by atoms with Gasteiger partial charge >= 0.3 is 0 Å². The highest BCUT2D eigenvalue weighted by Gasteiger charge is 2.48. The number of carbonyl (C=O) groups excluding carboxylic acids is 1. The van der Waals surface area contributed by atoms with E-state index < -0.39 is 32.1 Å². The maximum Gasteiger partial charge on any atom is 0.265 e. The summed E-state index contributed by atoms with van der Waals surface area (Å²) in [5.74, 6) is 0.128. The molecule has 10 heteroatoms. The summed E-state index contributed by atoms with van der Waals surface area (Å²) in [6.07, 6.45) is -0.872. The first-order valence-electron chi connectivity index (χ1n) is 10.9. The number of hydrogen-bond acceptors (Lipinski definition) is 6. The molecule has 7 nitrogen and oxygen atoms in total. The summed E-state index contributed by atoms with van der Waals surface area (Å²) in [6, 6.07) is 10.9. The van der Waals surface area contributed by atoms with E-state index >= 15 is 0 Å². The molecule has 34 heavy (non-hydrogen) atoms. The molecule has 1 saturated heterocycles. The van der Waals surface area contributed by atoms with E-state index in [0.29, 0.717) is 31.5 Å². The van der Waals surface area contributed by atoms with Gasteiger partial charge < -0.3 is 10.1 Å². The largest absolute Gasteiger partial charge is 0.492 e. The third kappa shape index (κ3) is 4.38. The summed E-state index contributed by atoms with van der Waals surface area (Å²) in [6.45, 7) is 3.43. The van der Waals surface area contributed by atoms with Crippen LogP contribution in [0, 0.1) is 11.3 Å². The molecule has 2 heterocycles. The van der Waals surface area contributed by atoms with E-state index in [1.165, 1.54) is 6.07 Å². The van der Waals surface area contributed by atoms with Gasteiger partial charge in [-0.05, 0) is 74.8 Å². The minimum absolute atomic E-state index is 0.0494. The highest BCUT2D eigenvalue weighted by molar-refractivity contribution is 7.90. The summed E-state index contributed by atoms with van der Waals surface area (Å²) in [7, 11) is -3.78. The Bertz CT molecular complexity index is 1270. The number of ether oxygens (including phenoxy) is 1. The Balaban J connectivity index is 1.42. The van der Waals surface area contributed by atoms with Crippen LogP contribution in [0.2, 0.25) is 0 Å². The zero-order chi connectivity index (χ0) is 24.7. The van der Waals surface area contributed by atoms with Crippen molar-refractivity contribution in [2.24, 2.45) is 0 Å². The van der Waals surface area contributed by atoms with Crippen LogP contribution < -0.4 is 10.1 Å². The summed E-state index contributed by atoms with van der Waals surface area (Å²) in [5.41, 5.74) is 0.901. The summed E-state index contributed by atoms with van der Waals surface area (Å²) in [5, 5.41) is 12.2. The van der Waals surface area contributed by atoms with E-state index in [4.69, 9.17) is 4.74 Å². The average molecular weight is 490 g/mol. The molecule has 0 unspecified atom stereocenters. The number of nitriles is 1. The number of anilines is 1. The van der Waals surface area contributed by atoms with E-state index in [-0.39, 0.29) is 24.3 Å². The molecule has 1 fully saturated rings. The molecule has 0 aliphatic carbocycles. The van der Waals surface area contributed by atoms with Gasteiger partial charge in [0.25, 0.3) is 6.43 Å². The summed E-state index contributed by atoms with van der Waals surface area (Å²) in [4.78, 5) is 14.6. The van der Waals surface area contributed by atoms with Gasteiger partial charge in [0.05, 0.1) is 21.9 Å². The number of sulfone groups is 1. The van der Waals surface area contributed by atoms with E-state index in [9.17, 15) is 27.3 Å². The fourth-order valence-electron chi connectivity index (χ4n) is 4.77. The number of amides is 1. The molecule has 1 atom stereocenters. The van der Waals surface area contributed by atoms with Crippen LogP contribution in [0.5, 0.6) is 5.75 Å². The Morgan fingerprint density at radius 2 is 1.91 bits per heavy atom. The molecule has 0 aromatic heterocycles. The van der Waals surface area contributed by atoms with Crippen LogP contribution in [0.15, 0.2) is 41.3 Å². The lowest BCUT2D eigenvalue weighted by Gasteiger charge is -2.40. The van der Waals surface area contributed by atoms with Crippen molar-refractivity contribution < 1.29 is 26.7 Å². The van der Waals surface area contributed by atoms with Crippen molar-refractivity contribution >= 4 is 21.4 Å². The monoisotopic (exact) mass is 489 g/mol. The van der Waals surface area contributed by atoms with Gasteiger partial charge in [0, 0.05) is 23.5 Å². The van der Waals surface area contributed by atoms with Crippen LogP contribution in [-0.4, -0.2) is 51.2 Å². The smallest absolute Gasteiger partial charge is 0.265 e. The lowest BCUT2D eigenvalue weighted by atomic mass is 9.73. The zero-order valence-corrected chi connectivity index (χ0v) is 19.7. The van der Waals surface area contributed by atoms with Crippen molar-refractivity contribution in [3.05, 3.63) is 53.1 Å². The molecule has 0 saturated carbocycles. The van der Waals surface area contributed by atoms with Crippen LogP contribution in [0.4, 0.5) is 14.5 Å². The Labute approximate surface area is 197 Å². The average Bonchev–Trinajstić information content (AvgIpc) is 3.07. The van der Waals surface area contributed by atoms with Gasteiger partial charge in [-0.1, -0.05) is 0 Å². The fraction of sp³-hybridized carbons (Fsp3) is 0.417. The third-order valence-electron chi connectivity index (χ3n) is 6.73. The molecule has 4 rings (SSSR count). The van der Waals surface area contributed by atoms with Gasteiger partial charge in [0.15, 0.2) is 9.84 Å². The molecule has 1 N–H and O–H groups in total. The van der Waals surface area contributed by atoms with Gasteiger partial charge in [-0.15, -0.1) is 0 Å². The van der Waals surface area contributed by atoms with Crippen molar-refractivity contribution in [1.82, 2.24) is 4.90 Å². The van der Waals surface area contributed by atoms with Crippen LogP contribution in [0.25, 0.3) is 0 Å². The predicted molar refractivity (Wildman–Crippen MR) is 122 cm³/mol. The maximum absolute atomic E-state index is 13.4. The summed E-state index contributed by atoms with van der Waals surface area (Å²) >= 11 is 0. The number of rotatable bonds is 6. The highest BCUT2D eigenvalue weighted by atomic mass is 32.2. The topological polar surface area (TPSA) is 99.5 Å². The number of carbonyl (C=O) groups is 1. The zero-order valence-electron chi connectivity index (χ0n) is 18.8. The lowest BCUT2D eigenvalue weighted by Crippen LogP contribution is -2.50. The Morgan fingerprint density at radius 3 is 2.53 bits per heavy atom. The maximum atomic E-state index is 13.4. The van der Waals surface area contributed by atoms with Gasteiger partial charge in [-0.3, -0.25) is 9.69 Å². The standard InChI is InChI=1S/C24H25F2N3O4S/c1-15(14-33-17-4-6-21(34(2,31)32)18(12-17)22(25)26)29-9-7-24(8-10-29)19-11-16(13-27)3-5-20(19)28-23(24)30/h3-6,11-12,15,22H,7-10,14H2,1-2H3,(H,28,30)/t15-/m0/s1. The van der Waals surface area contributed by atoms with Crippen molar-refractivity contribution in [3.63, 3.8) is 0 Å². The minimum Gasteiger partial charge on any atom is -0.492 e. The lowest BCUT2D eigenvalue weighted by molar-refractivity contribution is -0.122. The molecule has 1 spiro atoms. The third-order valence-corrected chi connectivity index (χ3v) is 7.90. The second kappa shape index (κ2) is 8.96. The number of hydrogen-bond donors (Lipinski definition) is 1. The Morgan fingerprint density at radius 1 is 1.21 bits per heavy atom. The van der Waals surface area contributed by atoms with Crippen molar-refractivity contribution in [2.75, 3.05) is 31.3 Å². The number of piperidine rings is 1. The van der Waals surface area contributed by atoms with Crippen LogP contribution >= 0.6 is 0 Å². The Hall–Kier alpha value is -3.03. The number of nitrogens with zero attached hydrogens (tertiary/aromatic N) is 2. The van der Waals surface area contributed by atoms with Gasteiger partial charge in [0.2, 0.25) is 5.91 Å². The van der Waals surface area contributed by atoms with Crippen molar-refractivity contribution in [1.29, 1.82) is 5.26 Å². The quantitative estimate of drug-likeness (QED) is 0.665. The van der Waals surface area contributed by atoms with E-state index in [0.717, 1.165) is 29.6 Å². The molecular weight excluding hydrogens is 464 g/mol. The molecule has 2 aliphatic heterocycles. The predicted octanol–water partition coefficient (Wildman–Crippen LogP) is 3.65.